The van der Waals surface area contributed by atoms with Gasteiger partial charge in [-0.25, -0.2) is 13.6 Å². The molecule has 1 heterocycles. The van der Waals surface area contributed by atoms with Gasteiger partial charge in [-0.3, -0.25) is 0 Å². The van der Waals surface area contributed by atoms with E-state index in [0.29, 0.717) is 5.75 Å². The minimum atomic E-state index is -3.82. The fraction of sp³-hybridized carbons (Fsp3) is 0.294. The van der Waals surface area contributed by atoms with Crippen LogP contribution in [0, 0.1) is 0 Å². The number of primary sulfonamides is 1. The van der Waals surface area contributed by atoms with Crippen molar-refractivity contribution < 1.29 is 13.2 Å². The van der Waals surface area contributed by atoms with Gasteiger partial charge in [-0.05, 0) is 41.8 Å². The molecule has 24 heavy (non-hydrogen) atoms. The van der Waals surface area contributed by atoms with Crippen LogP contribution in [-0.2, 0) is 16.4 Å². The van der Waals surface area contributed by atoms with E-state index in [1.165, 1.54) is 12.7 Å². The molecular weight excluding hydrogens is 348 g/mol. The summed E-state index contributed by atoms with van der Waals surface area (Å²) in [6, 6.07) is 13.7. The summed E-state index contributed by atoms with van der Waals surface area (Å²) in [5.41, 5.74) is 3.27. The third-order valence-corrected chi connectivity index (χ3v) is 5.16. The molecule has 130 valence electrons. The first-order valence-corrected chi connectivity index (χ1v) is 9.04. The number of fused-ring (bicyclic) bond motifs is 1. The molecule has 1 atom stereocenters. The Labute approximate surface area is 148 Å². The van der Waals surface area contributed by atoms with Gasteiger partial charge in [0.25, 0.3) is 0 Å². The number of benzene rings is 2. The van der Waals surface area contributed by atoms with Gasteiger partial charge in [-0.2, -0.15) is 0 Å². The lowest BCUT2D eigenvalue weighted by molar-refractivity contribution is 0.401. The molecular formula is C17H21ClN2O3S. The third kappa shape index (κ3) is 3.72. The molecule has 3 N–H and O–H groups in total. The first-order chi connectivity index (χ1) is 11.0. The summed E-state index contributed by atoms with van der Waals surface area (Å²) in [4.78, 5) is 0.0486. The van der Waals surface area contributed by atoms with E-state index in [9.17, 15) is 8.42 Å². The summed E-state index contributed by atoms with van der Waals surface area (Å²) in [5, 5.41) is 8.74. The average molecular weight is 369 g/mol. The Morgan fingerprint density at radius 3 is 2.54 bits per heavy atom. The monoisotopic (exact) mass is 368 g/mol. The lowest BCUT2D eigenvalue weighted by Crippen LogP contribution is -2.20. The molecule has 1 aliphatic heterocycles. The Morgan fingerprint density at radius 1 is 1.21 bits per heavy atom. The lowest BCUT2D eigenvalue weighted by atomic mass is 9.88. The van der Waals surface area contributed by atoms with Crippen molar-refractivity contribution in [1.82, 2.24) is 5.32 Å². The fourth-order valence-corrected chi connectivity index (χ4v) is 3.83. The smallest absolute Gasteiger partial charge is 0.241 e. The van der Waals surface area contributed by atoms with Crippen molar-refractivity contribution in [3.63, 3.8) is 0 Å². The van der Waals surface area contributed by atoms with Crippen molar-refractivity contribution in [2.24, 2.45) is 5.14 Å². The number of hydrogen-bond donors (Lipinski definition) is 2. The first-order valence-electron chi connectivity index (χ1n) is 7.50. The van der Waals surface area contributed by atoms with Crippen LogP contribution in [0.15, 0.2) is 47.4 Å². The molecule has 5 nitrogen and oxygen atoms in total. The minimum Gasteiger partial charge on any atom is -0.495 e. The molecule has 0 aromatic heterocycles. The second-order valence-corrected chi connectivity index (χ2v) is 7.19. The van der Waals surface area contributed by atoms with Gasteiger partial charge in [0.15, 0.2) is 0 Å². The summed E-state index contributed by atoms with van der Waals surface area (Å²) in [5.74, 6) is 0.450. The molecule has 7 heteroatoms. The van der Waals surface area contributed by atoms with Crippen molar-refractivity contribution >= 4 is 22.4 Å². The Balaban J connectivity index is 0.00000208. The van der Waals surface area contributed by atoms with Gasteiger partial charge >= 0.3 is 0 Å². The highest BCUT2D eigenvalue weighted by molar-refractivity contribution is 7.89. The number of rotatable bonds is 3. The van der Waals surface area contributed by atoms with Gasteiger partial charge in [-0.15, -0.1) is 12.4 Å². The molecule has 0 saturated carbocycles. The predicted molar refractivity (Wildman–Crippen MR) is 96.5 cm³/mol. The van der Waals surface area contributed by atoms with Gasteiger partial charge in [0, 0.05) is 12.5 Å². The van der Waals surface area contributed by atoms with Crippen molar-refractivity contribution in [1.29, 1.82) is 0 Å². The predicted octanol–water partition coefficient (Wildman–Crippen LogP) is 2.04. The van der Waals surface area contributed by atoms with Crippen molar-refractivity contribution in [3.8, 4) is 5.75 Å². The van der Waals surface area contributed by atoms with Crippen molar-refractivity contribution in [2.75, 3.05) is 20.2 Å². The Bertz CT molecular complexity index is 810. The summed E-state index contributed by atoms with van der Waals surface area (Å²) in [6.07, 6.45) is 0.755. The number of hydrogen-bond acceptors (Lipinski definition) is 4. The van der Waals surface area contributed by atoms with Gasteiger partial charge in [0.05, 0.1) is 7.11 Å². The number of nitrogens with two attached hydrogens (primary N) is 1. The van der Waals surface area contributed by atoms with Gasteiger partial charge in [0.2, 0.25) is 10.0 Å². The highest BCUT2D eigenvalue weighted by atomic mass is 35.5. The number of nitrogens with one attached hydrogen (secondary N) is 1. The molecule has 0 fully saturated rings. The molecule has 0 saturated heterocycles. The molecule has 0 amide bonds. The zero-order chi connectivity index (χ0) is 16.4. The van der Waals surface area contributed by atoms with Gasteiger partial charge in [-0.1, -0.05) is 30.3 Å². The van der Waals surface area contributed by atoms with Crippen LogP contribution >= 0.6 is 12.4 Å². The van der Waals surface area contributed by atoms with Crippen LogP contribution in [0.2, 0.25) is 0 Å². The number of ether oxygens (including phenoxy) is 1. The number of halogens is 1. The summed E-state index contributed by atoms with van der Waals surface area (Å²) in [6.45, 7) is 1.60. The molecule has 0 radical (unpaired) electrons. The Kier molecular flexibility index (Phi) is 5.87. The van der Waals surface area contributed by atoms with E-state index in [-0.39, 0.29) is 23.2 Å². The van der Waals surface area contributed by atoms with E-state index in [0.717, 1.165) is 30.6 Å². The zero-order valence-corrected chi connectivity index (χ0v) is 15.0. The third-order valence-electron chi connectivity index (χ3n) is 4.23. The van der Waals surface area contributed by atoms with Gasteiger partial charge < -0.3 is 10.1 Å². The summed E-state index contributed by atoms with van der Waals surface area (Å²) < 4.78 is 28.9. The fourth-order valence-electron chi connectivity index (χ4n) is 3.10. The summed E-state index contributed by atoms with van der Waals surface area (Å²) >= 11 is 0. The van der Waals surface area contributed by atoms with Crippen molar-refractivity contribution in [3.05, 3.63) is 59.2 Å². The average Bonchev–Trinajstić information content (AvgIpc) is 2.75. The highest BCUT2D eigenvalue weighted by Gasteiger charge is 2.25. The van der Waals surface area contributed by atoms with E-state index in [2.05, 4.69) is 17.4 Å². The molecule has 2 aromatic rings. The maximum absolute atomic E-state index is 11.8. The number of sulfonamides is 1. The molecule has 0 aliphatic carbocycles. The SMILES string of the molecule is COc1cc2c(cc1S(N)(=O)=O)CCNCC2c1ccccc1.Cl. The molecule has 1 aliphatic rings. The van der Waals surface area contributed by atoms with Crippen LogP contribution in [0.4, 0.5) is 0 Å². The van der Waals surface area contributed by atoms with Crippen LogP contribution in [0.5, 0.6) is 5.75 Å². The second-order valence-electron chi connectivity index (χ2n) is 5.66. The number of methoxy groups -OCH3 is 1. The molecule has 0 spiro atoms. The minimum absolute atomic E-state index is 0. The van der Waals surface area contributed by atoms with Crippen LogP contribution in [0.25, 0.3) is 0 Å². The van der Waals surface area contributed by atoms with E-state index >= 15 is 0 Å². The topological polar surface area (TPSA) is 81.4 Å². The van der Waals surface area contributed by atoms with E-state index in [1.807, 2.05) is 24.3 Å². The van der Waals surface area contributed by atoms with Gasteiger partial charge in [0.1, 0.15) is 10.6 Å². The zero-order valence-electron chi connectivity index (χ0n) is 13.4. The Hall–Kier alpha value is -1.60. The largest absolute Gasteiger partial charge is 0.495 e. The highest BCUT2D eigenvalue weighted by Crippen LogP contribution is 2.35. The Morgan fingerprint density at radius 2 is 1.92 bits per heavy atom. The summed E-state index contributed by atoms with van der Waals surface area (Å²) in [7, 11) is -2.36. The van der Waals surface area contributed by atoms with Crippen LogP contribution in [0.1, 0.15) is 22.6 Å². The van der Waals surface area contributed by atoms with Crippen molar-refractivity contribution in [2.45, 2.75) is 17.2 Å². The molecule has 3 rings (SSSR count). The van der Waals surface area contributed by atoms with Crippen LogP contribution in [0.3, 0.4) is 0 Å². The molecule has 2 aromatic carbocycles. The van der Waals surface area contributed by atoms with Crippen LogP contribution in [-0.4, -0.2) is 28.6 Å². The quantitative estimate of drug-likeness (QED) is 0.868. The first kappa shape index (κ1) is 18.7. The van der Waals surface area contributed by atoms with E-state index in [1.54, 1.807) is 6.07 Å². The maximum Gasteiger partial charge on any atom is 0.241 e. The molecule has 1 unspecified atom stereocenters. The van der Waals surface area contributed by atoms with E-state index < -0.39 is 10.0 Å². The normalized spacial score (nSPS) is 17.3. The molecule has 0 bridgehead atoms. The second kappa shape index (κ2) is 7.53. The maximum atomic E-state index is 11.8. The van der Waals surface area contributed by atoms with Crippen LogP contribution < -0.4 is 15.2 Å². The lowest BCUT2D eigenvalue weighted by Gasteiger charge is -2.20. The van der Waals surface area contributed by atoms with E-state index in [4.69, 9.17) is 9.88 Å². The standard InChI is InChI=1S/C17H20N2O3S.ClH/c1-22-16-10-14-13(9-17(16)23(18,20)21)7-8-19-11-15(14)12-5-3-2-4-6-12;/h2-6,9-10,15,19H,7-8,11H2,1H3,(H2,18,20,21);1H.